The summed E-state index contributed by atoms with van der Waals surface area (Å²) in [4.78, 5) is 20.3. The van der Waals surface area contributed by atoms with Crippen LogP contribution in [-0.2, 0) is 11.3 Å². The van der Waals surface area contributed by atoms with Gasteiger partial charge in [0.05, 0.1) is 17.9 Å². The second kappa shape index (κ2) is 5.60. The molecule has 1 aliphatic heterocycles. The molecular formula is C12H19N3O3. The maximum absolute atomic E-state index is 11.3. The van der Waals surface area contributed by atoms with Gasteiger partial charge in [-0.05, 0) is 13.8 Å². The van der Waals surface area contributed by atoms with Gasteiger partial charge in [0.1, 0.15) is 5.82 Å². The van der Waals surface area contributed by atoms with Crippen LogP contribution in [-0.4, -0.2) is 51.9 Å². The summed E-state index contributed by atoms with van der Waals surface area (Å²) in [7, 11) is 0. The quantitative estimate of drug-likeness (QED) is 0.767. The van der Waals surface area contributed by atoms with Gasteiger partial charge in [-0.3, -0.25) is 9.69 Å². The van der Waals surface area contributed by atoms with Crippen LogP contribution in [0.1, 0.15) is 18.4 Å². The van der Waals surface area contributed by atoms with Crippen LogP contribution in [0.4, 0.5) is 0 Å². The molecule has 0 aromatic carbocycles. The van der Waals surface area contributed by atoms with Gasteiger partial charge in [0.15, 0.2) is 0 Å². The summed E-state index contributed by atoms with van der Waals surface area (Å²) in [6.07, 6.45) is -0.605. The molecule has 6 heteroatoms. The smallest absolute Gasteiger partial charge is 0.251 e. The topological polar surface area (TPSA) is 78.5 Å². The van der Waals surface area contributed by atoms with E-state index in [0.717, 1.165) is 5.69 Å². The normalized spacial score (nSPS) is 24.6. The number of β-amino-alcohol motifs (C(OH)–C–C–N with tert-alkyl or cyclic N) is 1. The second-order valence-corrected chi connectivity index (χ2v) is 4.58. The van der Waals surface area contributed by atoms with Gasteiger partial charge in [-0.2, -0.15) is 0 Å². The summed E-state index contributed by atoms with van der Waals surface area (Å²) in [6.45, 7) is 6.05. The SMILES string of the molecule is CCO[C@H]1CN(Cc2cc(=O)[nH]c(C)n2)C[C@@H]1O. The standard InChI is InChI=1S/C12H19N3O3/c1-3-18-11-7-15(6-10(11)16)5-9-4-12(17)14-8(2)13-9/h4,10-11,16H,3,5-7H2,1-2H3,(H,13,14,17)/t10-,11-/m0/s1. The molecule has 1 fully saturated rings. The molecule has 2 N–H and O–H groups in total. The van der Waals surface area contributed by atoms with Crippen LogP contribution in [0.15, 0.2) is 10.9 Å². The maximum Gasteiger partial charge on any atom is 0.251 e. The molecule has 0 spiro atoms. The Balaban J connectivity index is 2.00. The molecule has 2 atom stereocenters. The zero-order valence-electron chi connectivity index (χ0n) is 10.7. The highest BCUT2D eigenvalue weighted by atomic mass is 16.5. The van der Waals surface area contributed by atoms with Crippen molar-refractivity contribution in [1.82, 2.24) is 14.9 Å². The number of nitrogens with one attached hydrogen (secondary N) is 1. The number of aromatic amines is 1. The van der Waals surface area contributed by atoms with Crippen molar-refractivity contribution in [3.8, 4) is 0 Å². The van der Waals surface area contributed by atoms with Crippen molar-refractivity contribution in [2.45, 2.75) is 32.6 Å². The molecule has 0 radical (unpaired) electrons. The minimum Gasteiger partial charge on any atom is -0.389 e. The van der Waals surface area contributed by atoms with Crippen molar-refractivity contribution in [2.75, 3.05) is 19.7 Å². The summed E-state index contributed by atoms with van der Waals surface area (Å²) in [6, 6.07) is 1.49. The first-order valence-corrected chi connectivity index (χ1v) is 6.17. The lowest BCUT2D eigenvalue weighted by atomic mass is 10.3. The van der Waals surface area contributed by atoms with Gasteiger partial charge < -0.3 is 14.8 Å². The number of hydrogen-bond donors (Lipinski definition) is 2. The molecule has 0 amide bonds. The van der Waals surface area contributed by atoms with Crippen LogP contribution in [0.5, 0.6) is 0 Å². The monoisotopic (exact) mass is 253 g/mol. The van der Waals surface area contributed by atoms with E-state index < -0.39 is 6.10 Å². The number of likely N-dealkylation sites (tertiary alicyclic amines) is 1. The van der Waals surface area contributed by atoms with E-state index in [-0.39, 0.29) is 11.7 Å². The molecule has 0 bridgehead atoms. The van der Waals surface area contributed by atoms with Gasteiger partial charge in [0.2, 0.25) is 0 Å². The number of hydrogen-bond acceptors (Lipinski definition) is 5. The number of aliphatic hydroxyl groups is 1. The van der Waals surface area contributed by atoms with Gasteiger partial charge in [0, 0.05) is 32.3 Å². The van der Waals surface area contributed by atoms with Gasteiger partial charge in [-0.25, -0.2) is 4.98 Å². The average Bonchev–Trinajstić information content (AvgIpc) is 2.58. The number of aliphatic hydroxyl groups excluding tert-OH is 1. The highest BCUT2D eigenvalue weighted by molar-refractivity contribution is 5.03. The fourth-order valence-corrected chi connectivity index (χ4v) is 2.29. The molecule has 6 nitrogen and oxygen atoms in total. The van der Waals surface area contributed by atoms with Gasteiger partial charge in [-0.1, -0.05) is 0 Å². The van der Waals surface area contributed by atoms with Crippen molar-refractivity contribution in [1.29, 1.82) is 0 Å². The van der Waals surface area contributed by atoms with E-state index in [4.69, 9.17) is 4.74 Å². The minimum absolute atomic E-state index is 0.140. The summed E-state index contributed by atoms with van der Waals surface area (Å²) < 4.78 is 5.45. The summed E-state index contributed by atoms with van der Waals surface area (Å²) in [5.74, 6) is 0.610. The largest absolute Gasteiger partial charge is 0.389 e. The number of rotatable bonds is 4. The molecule has 2 heterocycles. The van der Waals surface area contributed by atoms with E-state index in [1.807, 2.05) is 11.8 Å². The molecule has 100 valence electrons. The third kappa shape index (κ3) is 3.16. The Morgan fingerprint density at radius 3 is 3.06 bits per heavy atom. The van der Waals surface area contributed by atoms with Crippen LogP contribution >= 0.6 is 0 Å². The van der Waals surface area contributed by atoms with E-state index in [0.29, 0.717) is 32.1 Å². The Hall–Kier alpha value is -1.24. The molecule has 18 heavy (non-hydrogen) atoms. The Bertz CT molecular complexity index is 460. The molecule has 0 saturated carbocycles. The molecule has 0 unspecified atom stereocenters. The zero-order chi connectivity index (χ0) is 13.1. The summed E-state index contributed by atoms with van der Waals surface area (Å²) in [5.41, 5.74) is 0.583. The molecule has 1 aliphatic rings. The van der Waals surface area contributed by atoms with Gasteiger partial charge >= 0.3 is 0 Å². The fourth-order valence-electron chi connectivity index (χ4n) is 2.29. The number of aryl methyl sites for hydroxylation is 1. The van der Waals surface area contributed by atoms with Crippen molar-refractivity contribution < 1.29 is 9.84 Å². The average molecular weight is 253 g/mol. The van der Waals surface area contributed by atoms with Crippen LogP contribution in [0.25, 0.3) is 0 Å². The van der Waals surface area contributed by atoms with Crippen LogP contribution in [0.3, 0.4) is 0 Å². The molecule has 1 aromatic heterocycles. The molecule has 2 rings (SSSR count). The van der Waals surface area contributed by atoms with E-state index in [1.54, 1.807) is 6.92 Å². The Labute approximate surface area is 106 Å². The number of ether oxygens (including phenoxy) is 1. The van der Waals surface area contributed by atoms with Crippen molar-refractivity contribution in [3.05, 3.63) is 27.9 Å². The number of aromatic nitrogens is 2. The zero-order valence-corrected chi connectivity index (χ0v) is 10.7. The van der Waals surface area contributed by atoms with Crippen LogP contribution in [0.2, 0.25) is 0 Å². The van der Waals surface area contributed by atoms with E-state index in [1.165, 1.54) is 6.07 Å². The summed E-state index contributed by atoms with van der Waals surface area (Å²) in [5, 5.41) is 9.82. The maximum atomic E-state index is 11.3. The van der Waals surface area contributed by atoms with Crippen LogP contribution in [0, 0.1) is 6.92 Å². The Morgan fingerprint density at radius 1 is 1.61 bits per heavy atom. The minimum atomic E-state index is -0.465. The first-order chi connectivity index (χ1) is 8.58. The first-order valence-electron chi connectivity index (χ1n) is 6.17. The number of H-pyrrole nitrogens is 1. The van der Waals surface area contributed by atoms with Crippen molar-refractivity contribution in [3.63, 3.8) is 0 Å². The lowest BCUT2D eigenvalue weighted by molar-refractivity contribution is -0.00245. The highest BCUT2D eigenvalue weighted by Crippen LogP contribution is 2.15. The second-order valence-electron chi connectivity index (χ2n) is 4.58. The van der Waals surface area contributed by atoms with E-state index >= 15 is 0 Å². The Kier molecular flexibility index (Phi) is 4.11. The first kappa shape index (κ1) is 13.2. The highest BCUT2D eigenvalue weighted by Gasteiger charge is 2.31. The lowest BCUT2D eigenvalue weighted by Gasteiger charge is -2.15. The molecule has 0 aliphatic carbocycles. The molecular weight excluding hydrogens is 234 g/mol. The molecule has 1 aromatic rings. The van der Waals surface area contributed by atoms with Gasteiger partial charge in [-0.15, -0.1) is 0 Å². The third-order valence-corrected chi connectivity index (χ3v) is 2.99. The predicted molar refractivity (Wildman–Crippen MR) is 66.3 cm³/mol. The van der Waals surface area contributed by atoms with E-state index in [2.05, 4.69) is 9.97 Å². The predicted octanol–water partition coefficient (Wildman–Crippen LogP) is -0.340. The Morgan fingerprint density at radius 2 is 2.39 bits per heavy atom. The van der Waals surface area contributed by atoms with Crippen molar-refractivity contribution >= 4 is 0 Å². The third-order valence-electron chi connectivity index (χ3n) is 2.99. The van der Waals surface area contributed by atoms with Gasteiger partial charge in [0.25, 0.3) is 5.56 Å². The van der Waals surface area contributed by atoms with E-state index in [9.17, 15) is 9.90 Å². The van der Waals surface area contributed by atoms with Crippen LogP contribution < -0.4 is 5.56 Å². The fraction of sp³-hybridized carbons (Fsp3) is 0.667. The summed E-state index contributed by atoms with van der Waals surface area (Å²) >= 11 is 0. The lowest BCUT2D eigenvalue weighted by Crippen LogP contribution is -2.26. The van der Waals surface area contributed by atoms with Crippen molar-refractivity contribution in [2.24, 2.45) is 0 Å². The number of nitrogens with zero attached hydrogens (tertiary/aromatic N) is 2. The molecule has 1 saturated heterocycles.